The molecule has 0 aromatic carbocycles. The summed E-state index contributed by atoms with van der Waals surface area (Å²) in [6.07, 6.45) is 9.02. The number of aryl methyl sites for hydroxylation is 1. The predicted octanol–water partition coefficient (Wildman–Crippen LogP) is 1.30. The fourth-order valence-corrected chi connectivity index (χ4v) is 2.36. The van der Waals surface area contributed by atoms with Gasteiger partial charge in [-0.3, -0.25) is 4.68 Å². The first-order valence-corrected chi connectivity index (χ1v) is 6.14. The van der Waals surface area contributed by atoms with E-state index in [0.29, 0.717) is 6.04 Å². The number of rotatable bonds is 3. The van der Waals surface area contributed by atoms with Gasteiger partial charge in [0.2, 0.25) is 0 Å². The van der Waals surface area contributed by atoms with Gasteiger partial charge in [0.15, 0.2) is 0 Å². The van der Waals surface area contributed by atoms with Crippen molar-refractivity contribution in [2.45, 2.75) is 25.9 Å². The third kappa shape index (κ3) is 1.86. The highest BCUT2D eigenvalue weighted by Gasteiger charge is 2.19. The number of aromatic nitrogens is 4. The Bertz CT molecular complexity index is 492. The van der Waals surface area contributed by atoms with Crippen molar-refractivity contribution in [3.8, 4) is 11.3 Å². The van der Waals surface area contributed by atoms with E-state index in [4.69, 9.17) is 0 Å². The summed E-state index contributed by atoms with van der Waals surface area (Å²) in [7, 11) is 0. The molecule has 0 amide bonds. The highest BCUT2D eigenvalue weighted by atomic mass is 15.3. The molecule has 0 aliphatic carbocycles. The molecule has 1 unspecified atom stereocenters. The number of nitrogens with zero attached hydrogens (tertiary/aromatic N) is 4. The maximum Gasteiger partial charge on any atom is 0.0954 e. The zero-order valence-electron chi connectivity index (χ0n) is 10.0. The predicted molar refractivity (Wildman–Crippen MR) is 65.6 cm³/mol. The van der Waals surface area contributed by atoms with Gasteiger partial charge < -0.3 is 9.88 Å². The Morgan fingerprint density at radius 1 is 1.47 bits per heavy atom. The van der Waals surface area contributed by atoms with Crippen molar-refractivity contribution in [1.82, 2.24) is 24.6 Å². The molecule has 90 valence electrons. The van der Waals surface area contributed by atoms with E-state index in [-0.39, 0.29) is 0 Å². The Balaban J connectivity index is 1.94. The molecule has 1 atom stereocenters. The lowest BCUT2D eigenvalue weighted by molar-refractivity contribution is 0.551. The van der Waals surface area contributed by atoms with Crippen molar-refractivity contribution in [3.63, 3.8) is 0 Å². The van der Waals surface area contributed by atoms with Gasteiger partial charge in [-0.25, -0.2) is 4.98 Å². The largest absolute Gasteiger partial charge is 0.326 e. The zero-order chi connectivity index (χ0) is 11.7. The molecule has 1 saturated heterocycles. The average molecular weight is 231 g/mol. The molecule has 0 bridgehead atoms. The third-order valence-corrected chi connectivity index (χ3v) is 3.35. The van der Waals surface area contributed by atoms with Gasteiger partial charge in [-0.15, -0.1) is 0 Å². The van der Waals surface area contributed by atoms with Gasteiger partial charge in [-0.05, 0) is 19.9 Å². The van der Waals surface area contributed by atoms with Gasteiger partial charge in [-0.2, -0.15) is 5.10 Å². The van der Waals surface area contributed by atoms with E-state index < -0.39 is 0 Å². The van der Waals surface area contributed by atoms with Crippen molar-refractivity contribution in [3.05, 3.63) is 24.9 Å². The first-order valence-electron chi connectivity index (χ1n) is 6.14. The molecule has 3 heterocycles. The normalized spacial score (nSPS) is 19.9. The summed E-state index contributed by atoms with van der Waals surface area (Å²) in [5, 5.41) is 7.70. The summed E-state index contributed by atoms with van der Waals surface area (Å²) in [6.45, 7) is 5.12. The standard InChI is InChI=1S/C12H17N5/c1-2-16-8-10(5-15-16)12-7-14-9-17(12)11-3-4-13-6-11/h5,7-9,11,13H,2-4,6H2,1H3. The Labute approximate surface area is 100 Å². The fourth-order valence-electron chi connectivity index (χ4n) is 2.36. The highest BCUT2D eigenvalue weighted by molar-refractivity contribution is 5.56. The van der Waals surface area contributed by atoms with E-state index in [1.165, 1.54) is 12.1 Å². The van der Waals surface area contributed by atoms with E-state index in [9.17, 15) is 0 Å². The van der Waals surface area contributed by atoms with Gasteiger partial charge in [0.25, 0.3) is 0 Å². The monoisotopic (exact) mass is 231 g/mol. The lowest BCUT2D eigenvalue weighted by Gasteiger charge is -2.13. The molecular formula is C12H17N5. The molecule has 0 spiro atoms. The quantitative estimate of drug-likeness (QED) is 0.866. The van der Waals surface area contributed by atoms with Crippen LogP contribution in [0, 0.1) is 0 Å². The summed E-state index contributed by atoms with van der Waals surface area (Å²) >= 11 is 0. The van der Waals surface area contributed by atoms with Crippen LogP contribution in [0.3, 0.4) is 0 Å². The van der Waals surface area contributed by atoms with Gasteiger partial charge in [0.1, 0.15) is 0 Å². The second-order valence-electron chi connectivity index (χ2n) is 4.42. The zero-order valence-corrected chi connectivity index (χ0v) is 10.0. The van der Waals surface area contributed by atoms with Crippen molar-refractivity contribution >= 4 is 0 Å². The molecule has 0 saturated carbocycles. The van der Waals surface area contributed by atoms with Crippen LogP contribution in [0.2, 0.25) is 0 Å². The summed E-state index contributed by atoms with van der Waals surface area (Å²) in [4.78, 5) is 4.28. The SMILES string of the molecule is CCn1cc(-c2cncn2C2CCNC2)cn1. The van der Waals surface area contributed by atoms with Crippen LogP contribution < -0.4 is 5.32 Å². The first-order chi connectivity index (χ1) is 8.38. The first kappa shape index (κ1) is 10.5. The number of hydrogen-bond acceptors (Lipinski definition) is 3. The lowest BCUT2D eigenvalue weighted by atomic mass is 10.2. The van der Waals surface area contributed by atoms with Crippen LogP contribution in [0.25, 0.3) is 11.3 Å². The molecule has 17 heavy (non-hydrogen) atoms. The molecule has 5 heteroatoms. The van der Waals surface area contributed by atoms with Crippen LogP contribution in [0.1, 0.15) is 19.4 Å². The second kappa shape index (κ2) is 4.33. The Hall–Kier alpha value is -1.62. The summed E-state index contributed by atoms with van der Waals surface area (Å²) < 4.78 is 4.20. The van der Waals surface area contributed by atoms with Gasteiger partial charge >= 0.3 is 0 Å². The molecule has 0 radical (unpaired) electrons. The second-order valence-corrected chi connectivity index (χ2v) is 4.42. The van der Waals surface area contributed by atoms with Crippen molar-refractivity contribution < 1.29 is 0 Å². The van der Waals surface area contributed by atoms with E-state index in [2.05, 4.69) is 33.1 Å². The molecule has 2 aromatic rings. The van der Waals surface area contributed by atoms with Crippen LogP contribution in [0.5, 0.6) is 0 Å². The molecule has 1 aliphatic rings. The molecule has 2 aromatic heterocycles. The van der Waals surface area contributed by atoms with E-state index in [0.717, 1.165) is 25.2 Å². The number of hydrogen-bond donors (Lipinski definition) is 1. The number of imidazole rings is 1. The summed E-state index contributed by atoms with van der Waals surface area (Å²) in [6, 6.07) is 0.525. The summed E-state index contributed by atoms with van der Waals surface area (Å²) in [5.74, 6) is 0. The minimum absolute atomic E-state index is 0.525. The maximum atomic E-state index is 4.32. The fraction of sp³-hybridized carbons (Fsp3) is 0.500. The van der Waals surface area contributed by atoms with Crippen molar-refractivity contribution in [1.29, 1.82) is 0 Å². The average Bonchev–Trinajstić information content (AvgIpc) is 3.09. The molecule has 1 aliphatic heterocycles. The van der Waals surface area contributed by atoms with Crippen LogP contribution in [-0.2, 0) is 6.54 Å². The molecular weight excluding hydrogens is 214 g/mol. The number of nitrogens with one attached hydrogen (secondary N) is 1. The minimum atomic E-state index is 0.525. The smallest absolute Gasteiger partial charge is 0.0954 e. The molecule has 5 nitrogen and oxygen atoms in total. The third-order valence-electron chi connectivity index (χ3n) is 3.35. The van der Waals surface area contributed by atoms with Gasteiger partial charge in [0, 0.05) is 30.9 Å². The highest BCUT2D eigenvalue weighted by Crippen LogP contribution is 2.24. The van der Waals surface area contributed by atoms with Crippen molar-refractivity contribution in [2.24, 2.45) is 0 Å². The van der Waals surface area contributed by atoms with Gasteiger partial charge in [0.05, 0.1) is 24.4 Å². The van der Waals surface area contributed by atoms with Gasteiger partial charge in [-0.1, -0.05) is 0 Å². The van der Waals surface area contributed by atoms with E-state index in [1.807, 2.05) is 23.4 Å². The Kier molecular flexibility index (Phi) is 2.68. The van der Waals surface area contributed by atoms with E-state index in [1.54, 1.807) is 0 Å². The molecule has 3 rings (SSSR count). The van der Waals surface area contributed by atoms with Crippen LogP contribution in [-0.4, -0.2) is 32.4 Å². The Morgan fingerprint density at radius 2 is 2.41 bits per heavy atom. The van der Waals surface area contributed by atoms with Crippen LogP contribution >= 0.6 is 0 Å². The van der Waals surface area contributed by atoms with Crippen LogP contribution in [0.15, 0.2) is 24.9 Å². The van der Waals surface area contributed by atoms with Crippen molar-refractivity contribution in [2.75, 3.05) is 13.1 Å². The topological polar surface area (TPSA) is 47.7 Å². The Morgan fingerprint density at radius 3 is 3.12 bits per heavy atom. The van der Waals surface area contributed by atoms with Crippen LogP contribution in [0.4, 0.5) is 0 Å². The summed E-state index contributed by atoms with van der Waals surface area (Å²) in [5.41, 5.74) is 2.31. The molecule has 1 fully saturated rings. The maximum absolute atomic E-state index is 4.32. The minimum Gasteiger partial charge on any atom is -0.326 e. The molecule has 1 N–H and O–H groups in total. The van der Waals surface area contributed by atoms with E-state index >= 15 is 0 Å². The lowest BCUT2D eigenvalue weighted by Crippen LogP contribution is -2.13.